The van der Waals surface area contributed by atoms with Crippen molar-refractivity contribution in [3.05, 3.63) is 0 Å². The molecule has 1 atom stereocenters. The number of hydrogen-bond donors (Lipinski definition) is 2. The third-order valence-electron chi connectivity index (χ3n) is 3.24. The molecule has 3 amide bonds. The highest BCUT2D eigenvalue weighted by molar-refractivity contribution is 6.02. The van der Waals surface area contributed by atoms with Gasteiger partial charge in [-0.1, -0.05) is 0 Å². The summed E-state index contributed by atoms with van der Waals surface area (Å²) in [6.45, 7) is 6.64. The van der Waals surface area contributed by atoms with Crippen molar-refractivity contribution in [1.82, 2.24) is 15.5 Å². The Morgan fingerprint density at radius 3 is 2.77 bits per heavy atom. The van der Waals surface area contributed by atoms with E-state index in [9.17, 15) is 14.4 Å². The average Bonchev–Trinajstić information content (AvgIpc) is 2.40. The van der Waals surface area contributed by atoms with Crippen molar-refractivity contribution < 1.29 is 19.1 Å². The van der Waals surface area contributed by atoms with Gasteiger partial charge in [-0.25, -0.2) is 4.79 Å². The SMILES string of the molecule is CC(C)(C)OC(=O)N1CCN=C(NC2CCC(=O)NC2=O)C1. The molecule has 0 saturated carbocycles. The highest BCUT2D eigenvalue weighted by atomic mass is 16.6. The summed E-state index contributed by atoms with van der Waals surface area (Å²) in [7, 11) is 0. The van der Waals surface area contributed by atoms with Crippen LogP contribution in [0.2, 0.25) is 0 Å². The molecule has 1 unspecified atom stereocenters. The molecule has 122 valence electrons. The number of piperidine rings is 1. The summed E-state index contributed by atoms with van der Waals surface area (Å²) >= 11 is 0. The number of nitrogens with one attached hydrogen (secondary N) is 2. The van der Waals surface area contributed by atoms with E-state index in [0.717, 1.165) is 0 Å². The second-order valence-corrected chi connectivity index (χ2v) is 6.38. The molecule has 2 rings (SSSR count). The molecule has 0 spiro atoms. The lowest BCUT2D eigenvalue weighted by atomic mass is 10.1. The lowest BCUT2D eigenvalue weighted by molar-refractivity contribution is -0.134. The zero-order chi connectivity index (χ0) is 16.3. The zero-order valence-electron chi connectivity index (χ0n) is 13.1. The molecule has 0 aromatic rings. The van der Waals surface area contributed by atoms with Crippen LogP contribution in [0.4, 0.5) is 4.79 Å². The second-order valence-electron chi connectivity index (χ2n) is 6.38. The van der Waals surface area contributed by atoms with E-state index in [-0.39, 0.29) is 18.4 Å². The maximum atomic E-state index is 12.1. The van der Waals surface area contributed by atoms with Crippen LogP contribution in [0.3, 0.4) is 0 Å². The van der Waals surface area contributed by atoms with Crippen molar-refractivity contribution in [1.29, 1.82) is 0 Å². The minimum absolute atomic E-state index is 0.260. The number of nitrogens with zero attached hydrogens (tertiary/aromatic N) is 2. The number of amidine groups is 1. The van der Waals surface area contributed by atoms with E-state index in [1.807, 2.05) is 20.8 Å². The van der Waals surface area contributed by atoms with Gasteiger partial charge in [0.2, 0.25) is 11.8 Å². The maximum absolute atomic E-state index is 12.1. The number of hydrogen-bond acceptors (Lipinski definition) is 6. The van der Waals surface area contributed by atoms with Gasteiger partial charge in [0.25, 0.3) is 0 Å². The van der Waals surface area contributed by atoms with Crippen LogP contribution in [0.25, 0.3) is 0 Å². The van der Waals surface area contributed by atoms with Gasteiger partial charge < -0.3 is 10.1 Å². The van der Waals surface area contributed by atoms with Gasteiger partial charge in [-0.15, -0.1) is 0 Å². The van der Waals surface area contributed by atoms with Gasteiger partial charge in [-0.3, -0.25) is 24.8 Å². The molecule has 8 heteroatoms. The van der Waals surface area contributed by atoms with Crippen molar-refractivity contribution in [3.63, 3.8) is 0 Å². The normalized spacial score (nSPS) is 22.8. The van der Waals surface area contributed by atoms with E-state index in [1.54, 1.807) is 4.90 Å². The van der Waals surface area contributed by atoms with Crippen LogP contribution in [-0.4, -0.2) is 59.9 Å². The lowest BCUT2D eigenvalue weighted by Gasteiger charge is -2.31. The molecular formula is C14H22N4O4. The fourth-order valence-electron chi connectivity index (χ4n) is 2.22. The van der Waals surface area contributed by atoms with E-state index < -0.39 is 17.7 Å². The molecule has 0 aromatic heterocycles. The first kappa shape index (κ1) is 16.3. The molecule has 8 nitrogen and oxygen atoms in total. The Morgan fingerprint density at radius 1 is 1.41 bits per heavy atom. The highest BCUT2D eigenvalue weighted by Gasteiger charge is 2.30. The van der Waals surface area contributed by atoms with Gasteiger partial charge in [0.05, 0.1) is 13.1 Å². The van der Waals surface area contributed by atoms with Crippen LogP contribution in [0, 0.1) is 0 Å². The number of amides is 3. The highest BCUT2D eigenvalue weighted by Crippen LogP contribution is 2.11. The van der Waals surface area contributed by atoms with Crippen molar-refractivity contribution in [2.75, 3.05) is 19.6 Å². The molecule has 0 radical (unpaired) electrons. The molecule has 2 aliphatic heterocycles. The van der Waals surface area contributed by atoms with Gasteiger partial charge in [0.15, 0.2) is 0 Å². The summed E-state index contributed by atoms with van der Waals surface area (Å²) in [5.41, 5.74) is -0.553. The largest absolute Gasteiger partial charge is 0.444 e. The Labute approximate surface area is 129 Å². The predicted octanol–water partition coefficient (Wildman–Crippen LogP) is 0.0304. The summed E-state index contributed by atoms with van der Waals surface area (Å²) in [5.74, 6) is -0.0519. The van der Waals surface area contributed by atoms with E-state index in [4.69, 9.17) is 4.74 Å². The first-order chi connectivity index (χ1) is 10.2. The number of ether oxygens (including phenoxy) is 1. The van der Waals surface area contributed by atoms with Gasteiger partial charge in [-0.2, -0.15) is 0 Å². The Balaban J connectivity index is 1.91. The smallest absolute Gasteiger partial charge is 0.410 e. The Bertz CT molecular complexity index is 509. The second kappa shape index (κ2) is 6.33. The van der Waals surface area contributed by atoms with E-state index in [0.29, 0.717) is 31.8 Å². The third-order valence-corrected chi connectivity index (χ3v) is 3.24. The molecule has 0 aromatic carbocycles. The fraction of sp³-hybridized carbons (Fsp3) is 0.714. The van der Waals surface area contributed by atoms with E-state index in [1.165, 1.54) is 0 Å². The number of rotatable bonds is 1. The van der Waals surface area contributed by atoms with Gasteiger partial charge in [0, 0.05) is 13.0 Å². The third kappa shape index (κ3) is 4.44. The van der Waals surface area contributed by atoms with Crippen LogP contribution in [0.5, 0.6) is 0 Å². The minimum Gasteiger partial charge on any atom is -0.444 e. The molecule has 2 aliphatic rings. The summed E-state index contributed by atoms with van der Waals surface area (Å²) < 4.78 is 5.33. The van der Waals surface area contributed by atoms with Crippen LogP contribution in [0.1, 0.15) is 33.6 Å². The zero-order valence-corrected chi connectivity index (χ0v) is 13.1. The summed E-state index contributed by atoms with van der Waals surface area (Å²) in [5, 5.41) is 5.30. The van der Waals surface area contributed by atoms with Crippen molar-refractivity contribution in [2.45, 2.75) is 45.3 Å². The quantitative estimate of drug-likeness (QED) is 0.666. The monoisotopic (exact) mass is 310 g/mol. The van der Waals surface area contributed by atoms with E-state index >= 15 is 0 Å². The van der Waals surface area contributed by atoms with Gasteiger partial charge >= 0.3 is 6.09 Å². The van der Waals surface area contributed by atoms with Crippen molar-refractivity contribution >= 4 is 23.7 Å². The predicted molar refractivity (Wildman–Crippen MR) is 79.4 cm³/mol. The minimum atomic E-state index is -0.553. The Kier molecular flexibility index (Phi) is 4.68. The number of imide groups is 1. The van der Waals surface area contributed by atoms with Gasteiger partial charge in [0.1, 0.15) is 17.5 Å². The molecule has 0 aliphatic carbocycles. The first-order valence-corrected chi connectivity index (χ1v) is 7.36. The molecular weight excluding hydrogens is 288 g/mol. The average molecular weight is 310 g/mol. The Morgan fingerprint density at radius 2 is 2.14 bits per heavy atom. The van der Waals surface area contributed by atoms with Crippen LogP contribution < -0.4 is 10.6 Å². The molecule has 2 N–H and O–H groups in total. The maximum Gasteiger partial charge on any atom is 0.410 e. The van der Waals surface area contributed by atoms with Crippen molar-refractivity contribution in [2.24, 2.45) is 4.99 Å². The molecule has 1 fully saturated rings. The number of carbonyl (C=O) groups is 3. The Hall–Kier alpha value is -2.12. The van der Waals surface area contributed by atoms with Crippen LogP contribution in [0.15, 0.2) is 4.99 Å². The van der Waals surface area contributed by atoms with Crippen LogP contribution >= 0.6 is 0 Å². The van der Waals surface area contributed by atoms with E-state index in [2.05, 4.69) is 15.6 Å². The first-order valence-electron chi connectivity index (χ1n) is 7.36. The fourth-order valence-corrected chi connectivity index (χ4v) is 2.22. The van der Waals surface area contributed by atoms with Crippen molar-refractivity contribution in [3.8, 4) is 0 Å². The molecule has 1 saturated heterocycles. The standard InChI is InChI=1S/C14H22N4O4/c1-14(2,3)22-13(21)18-7-6-15-10(8-18)16-9-4-5-11(19)17-12(9)20/h9H,4-8H2,1-3H3,(H,15,16)(H,17,19,20). The summed E-state index contributed by atoms with van der Waals surface area (Å²) in [6.07, 6.45) is 0.327. The summed E-state index contributed by atoms with van der Waals surface area (Å²) in [6, 6.07) is -0.491. The lowest BCUT2D eigenvalue weighted by Crippen LogP contribution is -2.55. The topological polar surface area (TPSA) is 100 Å². The van der Waals surface area contributed by atoms with Gasteiger partial charge in [-0.05, 0) is 27.2 Å². The van der Waals surface area contributed by atoms with Crippen LogP contribution in [-0.2, 0) is 14.3 Å². The summed E-state index contributed by atoms with van der Waals surface area (Å²) in [4.78, 5) is 40.8. The molecule has 2 heterocycles. The number of aliphatic imine (C=N–C) groups is 1. The molecule has 0 bridgehead atoms. The molecule has 22 heavy (non-hydrogen) atoms. The number of carbonyl (C=O) groups excluding carboxylic acids is 3.